The standard InChI is InChI=1S/C16H26N4O/c1-11-14(6-7-17-13-4-5-13)12(2)19-16(18-11)15-10-20(3)8-9-21-15/h13,15,17H,4-10H2,1-3H3. The van der Waals surface area contributed by atoms with Gasteiger partial charge in [0, 0.05) is 30.5 Å². The van der Waals surface area contributed by atoms with E-state index >= 15 is 0 Å². The molecule has 1 aliphatic heterocycles. The maximum absolute atomic E-state index is 5.83. The fourth-order valence-electron chi connectivity index (χ4n) is 2.89. The molecular weight excluding hydrogens is 264 g/mol. The normalized spacial score (nSPS) is 23.5. The molecule has 0 bridgehead atoms. The zero-order chi connectivity index (χ0) is 14.8. The zero-order valence-corrected chi connectivity index (χ0v) is 13.4. The third-order valence-electron chi connectivity index (χ3n) is 4.38. The van der Waals surface area contributed by atoms with Crippen molar-refractivity contribution in [3.63, 3.8) is 0 Å². The Labute approximate surface area is 127 Å². The molecule has 2 heterocycles. The van der Waals surface area contributed by atoms with Crippen LogP contribution >= 0.6 is 0 Å². The van der Waals surface area contributed by atoms with E-state index in [1.54, 1.807) is 0 Å². The Balaban J connectivity index is 1.68. The van der Waals surface area contributed by atoms with Crippen LogP contribution in [0.4, 0.5) is 0 Å². The summed E-state index contributed by atoms with van der Waals surface area (Å²) in [7, 11) is 2.12. The molecule has 116 valence electrons. The summed E-state index contributed by atoms with van der Waals surface area (Å²) >= 11 is 0. The van der Waals surface area contributed by atoms with E-state index < -0.39 is 0 Å². The number of rotatable bonds is 5. The molecule has 0 aromatic carbocycles. The first-order chi connectivity index (χ1) is 10.1. The maximum atomic E-state index is 5.83. The third-order valence-corrected chi connectivity index (χ3v) is 4.38. The Morgan fingerprint density at radius 2 is 1.95 bits per heavy atom. The van der Waals surface area contributed by atoms with Crippen molar-refractivity contribution in [3.8, 4) is 0 Å². The molecule has 5 heteroatoms. The van der Waals surface area contributed by atoms with Crippen molar-refractivity contribution in [2.45, 2.75) is 45.3 Å². The summed E-state index contributed by atoms with van der Waals surface area (Å²) < 4.78 is 5.83. The number of morpholine rings is 1. The lowest BCUT2D eigenvalue weighted by Gasteiger charge is -2.29. The maximum Gasteiger partial charge on any atom is 0.158 e. The van der Waals surface area contributed by atoms with Crippen molar-refractivity contribution in [1.29, 1.82) is 0 Å². The number of nitrogens with one attached hydrogen (secondary N) is 1. The molecule has 5 nitrogen and oxygen atoms in total. The molecule has 1 N–H and O–H groups in total. The van der Waals surface area contributed by atoms with Gasteiger partial charge in [-0.1, -0.05) is 0 Å². The van der Waals surface area contributed by atoms with Crippen molar-refractivity contribution in [3.05, 3.63) is 22.8 Å². The second-order valence-electron chi connectivity index (χ2n) is 6.33. The quantitative estimate of drug-likeness (QED) is 0.888. The first-order valence-electron chi connectivity index (χ1n) is 8.01. The molecule has 1 aromatic rings. The van der Waals surface area contributed by atoms with Gasteiger partial charge in [-0.25, -0.2) is 9.97 Å². The number of nitrogens with zero attached hydrogens (tertiary/aromatic N) is 3. The average molecular weight is 290 g/mol. The summed E-state index contributed by atoms with van der Waals surface area (Å²) in [6, 6.07) is 0.761. The van der Waals surface area contributed by atoms with E-state index in [0.717, 1.165) is 55.9 Å². The molecule has 2 fully saturated rings. The smallest absolute Gasteiger partial charge is 0.158 e. The van der Waals surface area contributed by atoms with Gasteiger partial charge in [0.05, 0.1) is 6.61 Å². The van der Waals surface area contributed by atoms with Gasteiger partial charge in [0.25, 0.3) is 0 Å². The van der Waals surface area contributed by atoms with Crippen LogP contribution in [0.25, 0.3) is 0 Å². The van der Waals surface area contributed by atoms with E-state index in [9.17, 15) is 0 Å². The van der Waals surface area contributed by atoms with Crippen LogP contribution in [0.1, 0.15) is 41.7 Å². The number of hydrogen-bond donors (Lipinski definition) is 1. The van der Waals surface area contributed by atoms with Gasteiger partial charge in [0.15, 0.2) is 5.82 Å². The first-order valence-corrected chi connectivity index (χ1v) is 8.01. The summed E-state index contributed by atoms with van der Waals surface area (Å²) in [6.07, 6.45) is 3.69. The van der Waals surface area contributed by atoms with Gasteiger partial charge in [0.2, 0.25) is 0 Å². The molecular formula is C16H26N4O. The monoisotopic (exact) mass is 290 g/mol. The van der Waals surface area contributed by atoms with Gasteiger partial charge in [-0.05, 0) is 52.3 Å². The van der Waals surface area contributed by atoms with E-state index in [1.165, 1.54) is 18.4 Å². The molecule has 3 rings (SSSR count). The summed E-state index contributed by atoms with van der Waals surface area (Å²) in [5.74, 6) is 0.843. The van der Waals surface area contributed by atoms with E-state index in [0.29, 0.717) is 0 Å². The minimum Gasteiger partial charge on any atom is -0.368 e. The van der Waals surface area contributed by atoms with Crippen molar-refractivity contribution in [1.82, 2.24) is 20.2 Å². The summed E-state index contributed by atoms with van der Waals surface area (Å²) in [5, 5.41) is 3.56. The van der Waals surface area contributed by atoms with E-state index in [1.807, 2.05) is 0 Å². The summed E-state index contributed by atoms with van der Waals surface area (Å²) in [6.45, 7) is 7.84. The van der Waals surface area contributed by atoms with Crippen LogP contribution in [0.5, 0.6) is 0 Å². The fourth-order valence-corrected chi connectivity index (χ4v) is 2.89. The van der Waals surface area contributed by atoms with Gasteiger partial charge in [-0.2, -0.15) is 0 Å². The molecule has 0 spiro atoms. The van der Waals surface area contributed by atoms with Gasteiger partial charge in [-0.15, -0.1) is 0 Å². The van der Waals surface area contributed by atoms with Gasteiger partial charge in [-0.3, -0.25) is 0 Å². The number of aryl methyl sites for hydroxylation is 2. The van der Waals surface area contributed by atoms with E-state index in [4.69, 9.17) is 14.7 Å². The van der Waals surface area contributed by atoms with Crippen LogP contribution in [0.2, 0.25) is 0 Å². The van der Waals surface area contributed by atoms with Crippen LogP contribution in [0.3, 0.4) is 0 Å². The van der Waals surface area contributed by atoms with Crippen molar-refractivity contribution < 1.29 is 4.74 Å². The highest BCUT2D eigenvalue weighted by Gasteiger charge is 2.24. The van der Waals surface area contributed by atoms with Crippen LogP contribution in [-0.4, -0.2) is 54.2 Å². The number of hydrogen-bond acceptors (Lipinski definition) is 5. The Morgan fingerprint density at radius 1 is 1.24 bits per heavy atom. The highest BCUT2D eigenvalue weighted by atomic mass is 16.5. The number of likely N-dealkylation sites (N-methyl/N-ethyl adjacent to an activating group) is 1. The predicted molar refractivity (Wildman–Crippen MR) is 82.4 cm³/mol. The van der Waals surface area contributed by atoms with Crippen LogP contribution in [0.15, 0.2) is 0 Å². The second-order valence-corrected chi connectivity index (χ2v) is 6.33. The Hall–Kier alpha value is -1.04. The van der Waals surface area contributed by atoms with Gasteiger partial charge >= 0.3 is 0 Å². The average Bonchev–Trinajstić information content (AvgIpc) is 3.26. The Bertz CT molecular complexity index is 478. The molecule has 1 saturated carbocycles. The lowest BCUT2D eigenvalue weighted by Crippen LogP contribution is -2.36. The fraction of sp³-hybridized carbons (Fsp3) is 0.750. The zero-order valence-electron chi connectivity index (χ0n) is 13.4. The minimum atomic E-state index is 0.0137. The molecule has 0 amide bonds. The minimum absolute atomic E-state index is 0.0137. The lowest BCUT2D eigenvalue weighted by atomic mass is 10.1. The van der Waals surface area contributed by atoms with Crippen molar-refractivity contribution >= 4 is 0 Å². The van der Waals surface area contributed by atoms with Crippen molar-refractivity contribution in [2.75, 3.05) is 33.3 Å². The number of ether oxygens (including phenoxy) is 1. The molecule has 1 saturated heterocycles. The first kappa shape index (κ1) is 14.9. The van der Waals surface area contributed by atoms with Crippen LogP contribution < -0.4 is 5.32 Å². The summed E-state index contributed by atoms with van der Waals surface area (Å²) in [5.41, 5.74) is 3.50. The summed E-state index contributed by atoms with van der Waals surface area (Å²) in [4.78, 5) is 11.7. The Kier molecular flexibility index (Phi) is 4.52. The molecule has 21 heavy (non-hydrogen) atoms. The Morgan fingerprint density at radius 3 is 2.57 bits per heavy atom. The SMILES string of the molecule is Cc1nc(C2CN(C)CCO2)nc(C)c1CCNC1CC1. The highest BCUT2D eigenvalue weighted by molar-refractivity contribution is 5.25. The van der Waals surface area contributed by atoms with E-state index in [-0.39, 0.29) is 6.10 Å². The largest absolute Gasteiger partial charge is 0.368 e. The lowest BCUT2D eigenvalue weighted by molar-refractivity contribution is -0.0256. The second kappa shape index (κ2) is 6.38. The molecule has 1 atom stereocenters. The molecule has 2 aliphatic rings. The topological polar surface area (TPSA) is 50.3 Å². The van der Waals surface area contributed by atoms with Crippen LogP contribution in [-0.2, 0) is 11.2 Å². The molecule has 1 aliphatic carbocycles. The molecule has 1 unspecified atom stereocenters. The molecule has 1 aromatic heterocycles. The molecule has 0 radical (unpaired) electrons. The third kappa shape index (κ3) is 3.78. The predicted octanol–water partition coefficient (Wildman–Crippen LogP) is 1.39. The highest BCUT2D eigenvalue weighted by Crippen LogP contribution is 2.22. The van der Waals surface area contributed by atoms with Crippen molar-refractivity contribution in [2.24, 2.45) is 0 Å². The van der Waals surface area contributed by atoms with Crippen LogP contribution in [0, 0.1) is 13.8 Å². The van der Waals surface area contributed by atoms with Gasteiger partial charge < -0.3 is 15.0 Å². The number of aromatic nitrogens is 2. The van der Waals surface area contributed by atoms with Gasteiger partial charge in [0.1, 0.15) is 6.10 Å². The van der Waals surface area contributed by atoms with E-state index in [2.05, 4.69) is 31.1 Å².